The third kappa shape index (κ3) is 9.72. The second-order valence-corrected chi connectivity index (χ2v) is 11.4. The molecule has 49 heavy (non-hydrogen) atoms. The molecule has 2 heterocycles. The van der Waals surface area contributed by atoms with Crippen molar-refractivity contribution in [2.75, 3.05) is 23.8 Å². The van der Waals surface area contributed by atoms with E-state index < -0.39 is 60.4 Å². The lowest BCUT2D eigenvalue weighted by atomic mass is 10.1. The first-order valence-corrected chi connectivity index (χ1v) is 15.1. The number of carboxylic acid groups (broad SMARTS) is 1. The molecule has 0 radical (unpaired) electrons. The highest BCUT2D eigenvalue weighted by molar-refractivity contribution is 6.39. The van der Waals surface area contributed by atoms with Crippen molar-refractivity contribution in [3.05, 3.63) is 76.8 Å². The number of amidine groups is 1. The van der Waals surface area contributed by atoms with Crippen LogP contribution < -0.4 is 26.0 Å². The van der Waals surface area contributed by atoms with Gasteiger partial charge in [-0.2, -0.15) is 28.1 Å². The third-order valence-electron chi connectivity index (χ3n) is 7.28. The topological polar surface area (TPSA) is 197 Å². The van der Waals surface area contributed by atoms with Gasteiger partial charge in [0, 0.05) is 22.7 Å². The zero-order chi connectivity index (χ0) is 35.2. The number of Topliss-reactive ketones (excluding diaryl/α,β-unsaturated/α-hetero) is 1. The third-order valence-corrected chi connectivity index (χ3v) is 7.53. The van der Waals surface area contributed by atoms with Crippen LogP contribution in [-0.2, 0) is 19.9 Å². The van der Waals surface area contributed by atoms with E-state index in [0.29, 0.717) is 30.1 Å². The van der Waals surface area contributed by atoms with E-state index in [1.54, 1.807) is 18.2 Å². The molecular weight excluding hydrogens is 673 g/mol. The number of carbonyl (C=O) groups excluding carboxylic acids is 3. The number of amides is 2. The number of carboxylic acids is 1. The first-order valence-electron chi connectivity index (χ1n) is 14.7. The van der Waals surface area contributed by atoms with Crippen molar-refractivity contribution in [2.45, 2.75) is 43.4 Å². The summed E-state index contributed by atoms with van der Waals surface area (Å²) in [6, 6.07) is 10.6. The van der Waals surface area contributed by atoms with Crippen LogP contribution in [0.2, 0.25) is 5.02 Å². The Labute approximate surface area is 281 Å². The Bertz CT molecular complexity index is 1800. The van der Waals surface area contributed by atoms with Crippen LogP contribution in [0.1, 0.15) is 41.6 Å². The van der Waals surface area contributed by atoms with E-state index in [4.69, 9.17) is 16.3 Å². The number of rotatable bonds is 14. The number of nitrogens with one attached hydrogen (secondary N) is 4. The summed E-state index contributed by atoms with van der Waals surface area (Å²) in [5, 5.41) is 20.7. The predicted molar refractivity (Wildman–Crippen MR) is 170 cm³/mol. The Kier molecular flexibility index (Phi) is 10.4. The standard InChI is InChI=1S/C31H28ClF3N8O6/c32-19-7-5-18(6-8-19)30(13-14-30)43-28-40-27(41-29(42-28)49-16-31(33,34)35)37-20-9-3-17(4-10-20)24(45)38-21(26(47)48)11-12-22(44)25(46)39-23-2-1-15-36-23/h1-10,21H,11-16H2,(H,38,45)(H,47,48)(H,36,39,46)(H2,37,40,41,42,43)/t21-/m0/s1. The summed E-state index contributed by atoms with van der Waals surface area (Å²) >= 11 is 6.00. The average Bonchev–Trinajstić information content (AvgIpc) is 3.64. The number of aromatic nitrogens is 3. The van der Waals surface area contributed by atoms with E-state index in [9.17, 15) is 37.5 Å². The molecule has 18 heteroatoms. The van der Waals surface area contributed by atoms with Gasteiger partial charge in [0.05, 0.1) is 12.1 Å². The van der Waals surface area contributed by atoms with Crippen LogP contribution in [0.4, 0.5) is 30.8 Å². The molecule has 1 aromatic heterocycles. The maximum atomic E-state index is 12.9. The fraction of sp³-hybridized carbons (Fsp3) is 0.290. The number of carbonyl (C=O) groups is 4. The second kappa shape index (κ2) is 14.7. The largest absolute Gasteiger partial charge is 0.480 e. The van der Waals surface area contributed by atoms with E-state index in [1.807, 2.05) is 12.1 Å². The van der Waals surface area contributed by atoms with E-state index in [0.717, 1.165) is 5.56 Å². The molecule has 3 aromatic rings. The number of nitrogens with zero attached hydrogens (tertiary/aromatic N) is 4. The minimum absolute atomic E-state index is 0.0436. The lowest BCUT2D eigenvalue weighted by Crippen LogP contribution is -2.42. The lowest BCUT2D eigenvalue weighted by molar-refractivity contribution is -0.154. The zero-order valence-electron chi connectivity index (χ0n) is 25.4. The highest BCUT2D eigenvalue weighted by Crippen LogP contribution is 2.48. The summed E-state index contributed by atoms with van der Waals surface area (Å²) in [5.74, 6) is -3.98. The quantitative estimate of drug-likeness (QED) is 0.153. The van der Waals surface area contributed by atoms with Crippen molar-refractivity contribution >= 4 is 58.6 Å². The molecule has 1 aliphatic carbocycles. The van der Waals surface area contributed by atoms with E-state index in [2.05, 4.69) is 41.2 Å². The maximum Gasteiger partial charge on any atom is 0.422 e. The molecular formula is C31H28ClF3N8O6. The molecule has 5 N–H and O–H groups in total. The zero-order valence-corrected chi connectivity index (χ0v) is 26.1. The van der Waals surface area contributed by atoms with Crippen molar-refractivity contribution in [3.63, 3.8) is 0 Å². The van der Waals surface area contributed by atoms with Crippen molar-refractivity contribution in [3.8, 4) is 6.01 Å². The molecule has 0 saturated heterocycles. The fourth-order valence-electron chi connectivity index (χ4n) is 4.63. The van der Waals surface area contributed by atoms with E-state index in [1.165, 1.54) is 30.3 Å². The second-order valence-electron chi connectivity index (χ2n) is 11.0. The summed E-state index contributed by atoms with van der Waals surface area (Å²) in [4.78, 5) is 65.0. The molecule has 2 aromatic carbocycles. The predicted octanol–water partition coefficient (Wildman–Crippen LogP) is 3.93. The molecule has 0 unspecified atom stereocenters. The number of ether oxygens (including phenoxy) is 1. The Morgan fingerprint density at radius 1 is 0.980 bits per heavy atom. The maximum absolute atomic E-state index is 12.9. The number of benzene rings is 2. The van der Waals surface area contributed by atoms with Gasteiger partial charge in [0.15, 0.2) is 6.61 Å². The van der Waals surface area contributed by atoms with Crippen molar-refractivity contribution in [1.82, 2.24) is 25.6 Å². The summed E-state index contributed by atoms with van der Waals surface area (Å²) < 4.78 is 43.5. The number of halogens is 4. The van der Waals surface area contributed by atoms with E-state index in [-0.39, 0.29) is 29.7 Å². The number of alkyl halides is 3. The summed E-state index contributed by atoms with van der Waals surface area (Å²) in [7, 11) is 0. The molecule has 2 aliphatic rings. The Balaban J connectivity index is 1.23. The fourth-order valence-corrected chi connectivity index (χ4v) is 4.76. The Morgan fingerprint density at radius 2 is 1.67 bits per heavy atom. The first-order chi connectivity index (χ1) is 23.3. The molecule has 0 bridgehead atoms. The van der Waals surface area contributed by atoms with Crippen LogP contribution in [0.3, 0.4) is 0 Å². The minimum atomic E-state index is -4.64. The number of hydrogen-bond donors (Lipinski definition) is 5. The Morgan fingerprint density at radius 3 is 2.29 bits per heavy atom. The molecule has 0 spiro atoms. The summed E-state index contributed by atoms with van der Waals surface area (Å²) in [6.45, 7) is -1.26. The van der Waals surface area contributed by atoms with Gasteiger partial charge in [-0.3, -0.25) is 19.4 Å². The van der Waals surface area contributed by atoms with Gasteiger partial charge in [0.2, 0.25) is 17.7 Å². The highest BCUT2D eigenvalue weighted by Gasteiger charge is 2.45. The normalized spacial score (nSPS) is 15.1. The Hall–Kier alpha value is -5.58. The van der Waals surface area contributed by atoms with Crippen LogP contribution in [0, 0.1) is 0 Å². The molecule has 1 aliphatic heterocycles. The number of aliphatic carboxylic acids is 1. The van der Waals surface area contributed by atoms with Gasteiger partial charge in [-0.05, 0) is 67.3 Å². The van der Waals surface area contributed by atoms with Gasteiger partial charge in [-0.1, -0.05) is 29.8 Å². The minimum Gasteiger partial charge on any atom is -0.480 e. The van der Waals surface area contributed by atoms with Gasteiger partial charge in [-0.15, -0.1) is 0 Å². The SMILES string of the molecule is O=C(CC[C@H](NC(=O)c1ccc(Nc2nc(NC3(c4ccc(Cl)cc4)CC3)nc(OCC(F)(F)F)n2)cc1)C(=O)O)C(=O)NC1=NCC=C1. The highest BCUT2D eigenvalue weighted by atomic mass is 35.5. The number of aliphatic imine (C=N–C) groups is 1. The van der Waals surface area contributed by atoms with Gasteiger partial charge < -0.3 is 31.1 Å². The van der Waals surface area contributed by atoms with Crippen LogP contribution in [-0.4, -0.2) is 74.8 Å². The van der Waals surface area contributed by atoms with Crippen molar-refractivity contribution in [2.24, 2.45) is 4.99 Å². The molecule has 1 fully saturated rings. The monoisotopic (exact) mass is 700 g/mol. The molecule has 14 nitrogen and oxygen atoms in total. The van der Waals surface area contributed by atoms with Crippen LogP contribution >= 0.6 is 11.6 Å². The number of anilines is 3. The summed E-state index contributed by atoms with van der Waals surface area (Å²) in [5.41, 5.74) is 0.697. The molecule has 1 saturated carbocycles. The molecule has 1 atom stereocenters. The lowest BCUT2D eigenvalue weighted by Gasteiger charge is -2.19. The molecule has 256 valence electrons. The summed E-state index contributed by atoms with van der Waals surface area (Å²) in [6.07, 6.45) is -0.813. The van der Waals surface area contributed by atoms with Gasteiger partial charge in [0.25, 0.3) is 11.8 Å². The first kappa shape index (κ1) is 34.7. The van der Waals surface area contributed by atoms with Gasteiger partial charge in [-0.25, -0.2) is 4.79 Å². The molecule has 2 amide bonds. The van der Waals surface area contributed by atoms with Crippen LogP contribution in [0.15, 0.2) is 65.7 Å². The van der Waals surface area contributed by atoms with Gasteiger partial charge in [0.1, 0.15) is 11.9 Å². The molecule has 5 rings (SSSR count). The van der Waals surface area contributed by atoms with E-state index >= 15 is 0 Å². The van der Waals surface area contributed by atoms with Crippen molar-refractivity contribution in [1.29, 1.82) is 0 Å². The van der Waals surface area contributed by atoms with Crippen LogP contribution in [0.25, 0.3) is 0 Å². The average molecular weight is 701 g/mol. The van der Waals surface area contributed by atoms with Gasteiger partial charge >= 0.3 is 18.2 Å². The van der Waals surface area contributed by atoms with Crippen molar-refractivity contribution < 1.29 is 42.2 Å². The number of ketones is 1. The number of hydrogen-bond acceptors (Lipinski definition) is 11. The van der Waals surface area contributed by atoms with Crippen LogP contribution in [0.5, 0.6) is 6.01 Å². The smallest absolute Gasteiger partial charge is 0.422 e.